The average molecular weight is 301 g/mol. The number of carboxylic acid groups (broad SMARTS) is 1. The summed E-state index contributed by atoms with van der Waals surface area (Å²) in [4.78, 5) is 22.9. The monoisotopic (exact) mass is 301 g/mol. The molecule has 0 saturated carbocycles. The number of aliphatic carboxylic acids is 1. The van der Waals surface area contributed by atoms with Crippen LogP contribution < -0.4 is 5.32 Å². The van der Waals surface area contributed by atoms with E-state index < -0.39 is 17.9 Å². The maximum Gasteiger partial charge on any atom is 0.326 e. The predicted molar refractivity (Wildman–Crippen MR) is 83.7 cm³/mol. The van der Waals surface area contributed by atoms with Crippen molar-refractivity contribution in [1.82, 2.24) is 5.32 Å². The first-order valence-corrected chi connectivity index (χ1v) is 7.17. The van der Waals surface area contributed by atoms with Gasteiger partial charge >= 0.3 is 5.97 Å². The Morgan fingerprint density at radius 1 is 1.18 bits per heavy atom. The Balaban J connectivity index is 2.08. The summed E-state index contributed by atoms with van der Waals surface area (Å²) in [6, 6.07) is 12.7. The highest BCUT2D eigenvalue weighted by Crippen LogP contribution is 2.16. The molecule has 0 unspecified atom stereocenters. The molecule has 0 bridgehead atoms. The first-order valence-electron chi connectivity index (χ1n) is 7.17. The van der Waals surface area contributed by atoms with Crippen molar-refractivity contribution in [2.24, 2.45) is 0 Å². The summed E-state index contributed by atoms with van der Waals surface area (Å²) in [7, 11) is 0. The van der Waals surface area contributed by atoms with Gasteiger partial charge in [-0.2, -0.15) is 0 Å². The second kappa shape index (κ2) is 7.56. The highest BCUT2D eigenvalue weighted by molar-refractivity contribution is 5.85. The fourth-order valence-corrected chi connectivity index (χ4v) is 2.23. The smallest absolute Gasteiger partial charge is 0.326 e. The SMILES string of the molecule is CCOCC(=O)N[C@H](Cc1ccc2ccccc2c1)C(=O)O. The number of carbonyl (C=O) groups is 2. The normalized spacial score (nSPS) is 12.0. The van der Waals surface area contributed by atoms with Crippen LogP contribution in [0.3, 0.4) is 0 Å². The van der Waals surface area contributed by atoms with Crippen LogP contribution in [-0.4, -0.2) is 36.2 Å². The van der Waals surface area contributed by atoms with Gasteiger partial charge in [0.15, 0.2) is 0 Å². The maximum atomic E-state index is 11.6. The largest absolute Gasteiger partial charge is 0.480 e. The topological polar surface area (TPSA) is 75.6 Å². The van der Waals surface area contributed by atoms with Crippen LogP contribution in [0.4, 0.5) is 0 Å². The highest BCUT2D eigenvalue weighted by Gasteiger charge is 2.20. The first kappa shape index (κ1) is 16.0. The van der Waals surface area contributed by atoms with E-state index in [9.17, 15) is 14.7 Å². The molecule has 5 heteroatoms. The van der Waals surface area contributed by atoms with Crippen molar-refractivity contribution < 1.29 is 19.4 Å². The number of rotatable bonds is 7. The minimum Gasteiger partial charge on any atom is -0.480 e. The van der Waals surface area contributed by atoms with Crippen LogP contribution >= 0.6 is 0 Å². The molecule has 0 aliphatic heterocycles. The van der Waals surface area contributed by atoms with Gasteiger partial charge in [-0.15, -0.1) is 0 Å². The van der Waals surface area contributed by atoms with Crippen molar-refractivity contribution in [3.63, 3.8) is 0 Å². The van der Waals surface area contributed by atoms with Crippen molar-refractivity contribution in [1.29, 1.82) is 0 Å². The molecule has 1 atom stereocenters. The number of hydrogen-bond donors (Lipinski definition) is 2. The summed E-state index contributed by atoms with van der Waals surface area (Å²) in [5, 5.41) is 13.9. The van der Waals surface area contributed by atoms with Crippen LogP contribution in [0.15, 0.2) is 42.5 Å². The lowest BCUT2D eigenvalue weighted by Crippen LogP contribution is -2.43. The number of fused-ring (bicyclic) bond motifs is 1. The van der Waals surface area contributed by atoms with E-state index in [0.717, 1.165) is 16.3 Å². The van der Waals surface area contributed by atoms with E-state index in [1.54, 1.807) is 6.92 Å². The Bertz CT molecular complexity index is 669. The molecule has 0 fully saturated rings. The fraction of sp³-hybridized carbons (Fsp3) is 0.294. The van der Waals surface area contributed by atoms with Crippen LogP contribution in [0.1, 0.15) is 12.5 Å². The minimum absolute atomic E-state index is 0.127. The third kappa shape index (κ3) is 4.30. The van der Waals surface area contributed by atoms with Crippen LogP contribution in [0.5, 0.6) is 0 Å². The third-order valence-electron chi connectivity index (χ3n) is 3.32. The summed E-state index contributed by atoms with van der Waals surface area (Å²) < 4.78 is 4.98. The van der Waals surface area contributed by atoms with Gasteiger partial charge in [0.05, 0.1) is 0 Å². The van der Waals surface area contributed by atoms with E-state index in [0.29, 0.717) is 6.61 Å². The second-order valence-electron chi connectivity index (χ2n) is 4.98. The quantitative estimate of drug-likeness (QED) is 0.820. The van der Waals surface area contributed by atoms with E-state index in [2.05, 4.69) is 5.32 Å². The molecule has 0 spiro atoms. The van der Waals surface area contributed by atoms with Gasteiger partial charge in [-0.1, -0.05) is 42.5 Å². The molecular formula is C17H19NO4. The molecule has 2 aromatic carbocycles. The number of benzene rings is 2. The lowest BCUT2D eigenvalue weighted by Gasteiger charge is -2.15. The van der Waals surface area contributed by atoms with Crippen molar-refractivity contribution in [3.8, 4) is 0 Å². The van der Waals surface area contributed by atoms with Crippen molar-refractivity contribution in [2.45, 2.75) is 19.4 Å². The Morgan fingerprint density at radius 3 is 2.59 bits per heavy atom. The van der Waals surface area contributed by atoms with Crippen LogP contribution in [-0.2, 0) is 20.7 Å². The zero-order chi connectivity index (χ0) is 15.9. The molecule has 0 heterocycles. The Hall–Kier alpha value is -2.40. The predicted octanol–water partition coefficient (Wildman–Crippen LogP) is 1.99. The Morgan fingerprint density at radius 2 is 1.91 bits per heavy atom. The molecule has 0 saturated heterocycles. The molecule has 0 aromatic heterocycles. The molecule has 0 aliphatic carbocycles. The van der Waals surface area contributed by atoms with E-state index in [-0.39, 0.29) is 13.0 Å². The third-order valence-corrected chi connectivity index (χ3v) is 3.32. The molecule has 22 heavy (non-hydrogen) atoms. The molecule has 5 nitrogen and oxygen atoms in total. The van der Waals surface area contributed by atoms with Gasteiger partial charge in [0.25, 0.3) is 0 Å². The van der Waals surface area contributed by atoms with Gasteiger partial charge in [0.1, 0.15) is 12.6 Å². The number of carbonyl (C=O) groups excluding carboxylic acids is 1. The Kier molecular flexibility index (Phi) is 5.49. The zero-order valence-corrected chi connectivity index (χ0v) is 12.4. The van der Waals surface area contributed by atoms with Crippen LogP contribution in [0.25, 0.3) is 10.8 Å². The van der Waals surface area contributed by atoms with Crippen molar-refractivity contribution >= 4 is 22.6 Å². The molecular weight excluding hydrogens is 282 g/mol. The van der Waals surface area contributed by atoms with E-state index in [4.69, 9.17) is 4.74 Å². The molecule has 1 amide bonds. The minimum atomic E-state index is -1.06. The van der Waals surface area contributed by atoms with Crippen molar-refractivity contribution in [2.75, 3.05) is 13.2 Å². The summed E-state index contributed by atoms with van der Waals surface area (Å²) >= 11 is 0. The number of carboxylic acids is 1. The first-order chi connectivity index (χ1) is 10.6. The standard InChI is InChI=1S/C17H19NO4/c1-2-22-11-16(19)18-15(17(20)21)10-12-7-8-13-5-3-4-6-14(13)9-12/h3-9,15H,2,10-11H2,1H3,(H,18,19)(H,20,21)/t15-/m1/s1. The molecule has 116 valence electrons. The van der Waals surface area contributed by atoms with Gasteiger partial charge in [0, 0.05) is 13.0 Å². The van der Waals surface area contributed by atoms with Gasteiger partial charge in [-0.25, -0.2) is 4.79 Å². The average Bonchev–Trinajstić information content (AvgIpc) is 2.52. The van der Waals surface area contributed by atoms with E-state index >= 15 is 0 Å². The summed E-state index contributed by atoms with van der Waals surface area (Å²) in [6.45, 7) is 2.06. The summed E-state index contributed by atoms with van der Waals surface area (Å²) in [5.74, 6) is -1.48. The number of hydrogen-bond acceptors (Lipinski definition) is 3. The van der Waals surface area contributed by atoms with Gasteiger partial charge < -0.3 is 15.2 Å². The van der Waals surface area contributed by atoms with Gasteiger partial charge in [-0.05, 0) is 23.3 Å². The lowest BCUT2D eigenvalue weighted by atomic mass is 10.0. The molecule has 0 aliphatic rings. The van der Waals surface area contributed by atoms with Crippen LogP contribution in [0, 0.1) is 0 Å². The number of amides is 1. The molecule has 0 radical (unpaired) electrons. The van der Waals surface area contributed by atoms with Crippen LogP contribution in [0.2, 0.25) is 0 Å². The van der Waals surface area contributed by atoms with Crippen molar-refractivity contribution in [3.05, 3.63) is 48.0 Å². The maximum absolute atomic E-state index is 11.6. The molecule has 2 rings (SSSR count). The van der Waals surface area contributed by atoms with E-state index in [1.165, 1.54) is 0 Å². The van der Waals surface area contributed by atoms with Gasteiger partial charge in [0.2, 0.25) is 5.91 Å². The highest BCUT2D eigenvalue weighted by atomic mass is 16.5. The molecule has 2 N–H and O–H groups in total. The number of ether oxygens (including phenoxy) is 1. The van der Waals surface area contributed by atoms with Gasteiger partial charge in [-0.3, -0.25) is 4.79 Å². The fourth-order valence-electron chi connectivity index (χ4n) is 2.23. The summed E-state index contributed by atoms with van der Waals surface area (Å²) in [6.07, 6.45) is 0.234. The molecule has 2 aromatic rings. The second-order valence-corrected chi connectivity index (χ2v) is 4.98. The Labute approximate surface area is 128 Å². The van der Waals surface area contributed by atoms with E-state index in [1.807, 2.05) is 42.5 Å². The zero-order valence-electron chi connectivity index (χ0n) is 12.4. The lowest BCUT2D eigenvalue weighted by molar-refractivity contribution is -0.142. The summed E-state index contributed by atoms with van der Waals surface area (Å²) in [5.41, 5.74) is 0.864. The number of nitrogens with one attached hydrogen (secondary N) is 1.